The number of imide groups is 1. The van der Waals surface area contributed by atoms with Crippen molar-refractivity contribution in [3.63, 3.8) is 0 Å². The van der Waals surface area contributed by atoms with Crippen LogP contribution in [0.15, 0.2) is 48.5 Å². The molecule has 6 heteroatoms. The zero-order valence-electron chi connectivity index (χ0n) is 16.3. The van der Waals surface area contributed by atoms with E-state index in [0.717, 1.165) is 4.90 Å². The van der Waals surface area contributed by atoms with Crippen molar-refractivity contribution in [1.82, 2.24) is 4.90 Å². The fourth-order valence-corrected chi connectivity index (χ4v) is 3.33. The highest BCUT2D eigenvalue weighted by Gasteiger charge is 2.44. The van der Waals surface area contributed by atoms with Gasteiger partial charge in [-0.1, -0.05) is 32.4 Å². The van der Waals surface area contributed by atoms with Crippen molar-refractivity contribution in [2.24, 2.45) is 5.92 Å². The van der Waals surface area contributed by atoms with Crippen LogP contribution in [0.2, 0.25) is 0 Å². The minimum absolute atomic E-state index is 0.190. The highest BCUT2D eigenvalue weighted by Crippen LogP contribution is 2.29. The normalized spacial score (nSPS) is 15.2. The number of anilines is 1. The molecule has 0 aliphatic carbocycles. The van der Waals surface area contributed by atoms with Crippen LogP contribution in [0.5, 0.6) is 5.75 Å². The lowest BCUT2D eigenvalue weighted by Crippen LogP contribution is -2.50. The van der Waals surface area contributed by atoms with Crippen LogP contribution < -0.4 is 10.1 Å². The topological polar surface area (TPSA) is 75.7 Å². The van der Waals surface area contributed by atoms with Gasteiger partial charge in [-0.25, -0.2) is 0 Å². The standard InChI is InChI=1S/C22H24N2O4/c1-4-14(3)19(20(25)23-15-10-12-16(13-11-15)28-5-2)24-21(26)17-8-6-7-9-18(17)22(24)27/h6-14,19H,4-5H2,1-3H3,(H,23,25)/t14-,19+/m0/s1. The van der Waals surface area contributed by atoms with Gasteiger partial charge in [0.2, 0.25) is 5.91 Å². The van der Waals surface area contributed by atoms with E-state index in [0.29, 0.717) is 35.6 Å². The molecule has 2 aromatic carbocycles. The summed E-state index contributed by atoms with van der Waals surface area (Å²) in [4.78, 5) is 39.9. The Morgan fingerprint density at radius 1 is 1.00 bits per heavy atom. The molecular formula is C22H24N2O4. The zero-order valence-corrected chi connectivity index (χ0v) is 16.3. The third-order valence-corrected chi connectivity index (χ3v) is 4.99. The highest BCUT2D eigenvalue weighted by molar-refractivity contribution is 6.23. The van der Waals surface area contributed by atoms with E-state index < -0.39 is 17.9 Å². The molecule has 0 saturated heterocycles. The van der Waals surface area contributed by atoms with Crippen molar-refractivity contribution in [1.29, 1.82) is 0 Å². The van der Waals surface area contributed by atoms with Crippen LogP contribution in [0.3, 0.4) is 0 Å². The van der Waals surface area contributed by atoms with Gasteiger partial charge in [0.05, 0.1) is 17.7 Å². The lowest BCUT2D eigenvalue weighted by Gasteiger charge is -2.29. The molecule has 0 saturated carbocycles. The number of ether oxygens (including phenoxy) is 1. The minimum Gasteiger partial charge on any atom is -0.494 e. The molecule has 3 rings (SSSR count). The van der Waals surface area contributed by atoms with Crippen molar-refractivity contribution in [3.05, 3.63) is 59.7 Å². The van der Waals surface area contributed by atoms with Gasteiger partial charge >= 0.3 is 0 Å². The molecule has 1 heterocycles. The molecule has 28 heavy (non-hydrogen) atoms. The number of hydrogen-bond donors (Lipinski definition) is 1. The highest BCUT2D eigenvalue weighted by atomic mass is 16.5. The van der Waals surface area contributed by atoms with Crippen molar-refractivity contribution in [3.8, 4) is 5.75 Å². The Labute approximate surface area is 164 Å². The summed E-state index contributed by atoms with van der Waals surface area (Å²) in [5.74, 6) is -0.710. The molecule has 0 fully saturated rings. The van der Waals surface area contributed by atoms with Crippen LogP contribution in [0.25, 0.3) is 0 Å². The van der Waals surface area contributed by atoms with Crippen LogP contribution >= 0.6 is 0 Å². The maximum absolute atomic E-state index is 13.1. The monoisotopic (exact) mass is 380 g/mol. The maximum Gasteiger partial charge on any atom is 0.262 e. The van der Waals surface area contributed by atoms with Crippen LogP contribution in [0.4, 0.5) is 5.69 Å². The van der Waals surface area contributed by atoms with Crippen molar-refractivity contribution in [2.45, 2.75) is 33.2 Å². The quantitative estimate of drug-likeness (QED) is 0.743. The lowest BCUT2D eigenvalue weighted by molar-refractivity contribution is -0.121. The average Bonchev–Trinajstić information content (AvgIpc) is 2.95. The average molecular weight is 380 g/mol. The first-order valence-electron chi connectivity index (χ1n) is 9.48. The van der Waals surface area contributed by atoms with Crippen molar-refractivity contribution >= 4 is 23.4 Å². The Hall–Kier alpha value is -3.15. The maximum atomic E-state index is 13.1. The van der Waals surface area contributed by atoms with E-state index in [4.69, 9.17) is 4.74 Å². The van der Waals surface area contributed by atoms with Gasteiger partial charge in [0.25, 0.3) is 11.8 Å². The number of nitrogens with zero attached hydrogens (tertiary/aromatic N) is 1. The number of fused-ring (bicyclic) bond motifs is 1. The van der Waals surface area contributed by atoms with Gasteiger partial charge in [0, 0.05) is 5.69 Å². The molecule has 1 aliphatic heterocycles. The number of carbonyl (C=O) groups is 3. The van der Waals surface area contributed by atoms with Gasteiger partial charge in [-0.2, -0.15) is 0 Å². The van der Waals surface area contributed by atoms with Crippen LogP contribution in [0.1, 0.15) is 47.9 Å². The van der Waals surface area contributed by atoms with Gasteiger partial charge in [-0.05, 0) is 49.2 Å². The molecule has 0 radical (unpaired) electrons. The Morgan fingerprint density at radius 2 is 1.57 bits per heavy atom. The van der Waals surface area contributed by atoms with E-state index in [1.165, 1.54) is 0 Å². The van der Waals surface area contributed by atoms with E-state index >= 15 is 0 Å². The molecule has 0 unspecified atom stereocenters. The molecule has 2 aromatic rings. The lowest BCUT2D eigenvalue weighted by atomic mass is 9.96. The second kappa shape index (κ2) is 8.25. The number of hydrogen-bond acceptors (Lipinski definition) is 4. The van der Waals surface area contributed by atoms with Crippen molar-refractivity contribution < 1.29 is 19.1 Å². The number of carbonyl (C=O) groups excluding carboxylic acids is 3. The molecule has 0 bridgehead atoms. The van der Waals surface area contributed by atoms with Crippen molar-refractivity contribution in [2.75, 3.05) is 11.9 Å². The molecule has 146 valence electrons. The Kier molecular flexibility index (Phi) is 5.78. The molecule has 2 atom stereocenters. The summed E-state index contributed by atoms with van der Waals surface area (Å²) in [6, 6.07) is 12.8. The number of amides is 3. The fraction of sp³-hybridized carbons (Fsp3) is 0.318. The summed E-state index contributed by atoms with van der Waals surface area (Å²) in [6.07, 6.45) is 0.648. The predicted octanol–water partition coefficient (Wildman–Crippen LogP) is 3.73. The van der Waals surface area contributed by atoms with Crippen LogP contribution in [-0.2, 0) is 4.79 Å². The largest absolute Gasteiger partial charge is 0.494 e. The second-order valence-electron chi connectivity index (χ2n) is 6.80. The van der Waals surface area contributed by atoms with E-state index in [-0.39, 0.29) is 11.8 Å². The fourth-order valence-electron chi connectivity index (χ4n) is 3.33. The summed E-state index contributed by atoms with van der Waals surface area (Å²) >= 11 is 0. The SMILES string of the molecule is CCOc1ccc(NC(=O)[C@@H]([C@@H](C)CC)N2C(=O)c3ccccc3C2=O)cc1. The Morgan fingerprint density at radius 3 is 2.07 bits per heavy atom. The molecule has 0 aromatic heterocycles. The van der Waals surface area contributed by atoms with Gasteiger partial charge in [-0.15, -0.1) is 0 Å². The first-order valence-corrected chi connectivity index (χ1v) is 9.48. The van der Waals surface area contributed by atoms with Gasteiger partial charge < -0.3 is 10.1 Å². The molecule has 1 N–H and O–H groups in total. The molecular weight excluding hydrogens is 356 g/mol. The number of nitrogens with one attached hydrogen (secondary N) is 1. The summed E-state index contributed by atoms with van der Waals surface area (Å²) in [5.41, 5.74) is 1.27. The van der Waals surface area contributed by atoms with Crippen LogP contribution in [-0.4, -0.2) is 35.3 Å². The third kappa shape index (κ3) is 3.63. The van der Waals surface area contributed by atoms with Gasteiger partial charge in [0.15, 0.2) is 0 Å². The summed E-state index contributed by atoms with van der Waals surface area (Å²) < 4.78 is 5.40. The van der Waals surface area contributed by atoms with E-state index in [2.05, 4.69) is 5.32 Å². The van der Waals surface area contributed by atoms with Gasteiger partial charge in [0.1, 0.15) is 11.8 Å². The molecule has 6 nitrogen and oxygen atoms in total. The Bertz CT molecular complexity index is 857. The zero-order chi connectivity index (χ0) is 20.3. The molecule has 3 amide bonds. The number of rotatable bonds is 7. The van der Waals surface area contributed by atoms with E-state index in [1.54, 1.807) is 48.5 Å². The Balaban J connectivity index is 1.85. The second-order valence-corrected chi connectivity index (χ2v) is 6.80. The summed E-state index contributed by atoms with van der Waals surface area (Å²) in [7, 11) is 0. The predicted molar refractivity (Wildman–Crippen MR) is 106 cm³/mol. The first kappa shape index (κ1) is 19.6. The third-order valence-electron chi connectivity index (χ3n) is 4.99. The molecule has 1 aliphatic rings. The number of benzene rings is 2. The van der Waals surface area contributed by atoms with Crippen LogP contribution in [0, 0.1) is 5.92 Å². The smallest absolute Gasteiger partial charge is 0.262 e. The van der Waals surface area contributed by atoms with E-state index in [1.807, 2.05) is 20.8 Å². The summed E-state index contributed by atoms with van der Waals surface area (Å²) in [5, 5.41) is 2.83. The summed E-state index contributed by atoms with van der Waals surface area (Å²) in [6.45, 7) is 6.25. The molecule has 0 spiro atoms. The first-order chi connectivity index (χ1) is 13.5. The van der Waals surface area contributed by atoms with E-state index in [9.17, 15) is 14.4 Å². The van der Waals surface area contributed by atoms with Gasteiger partial charge in [-0.3, -0.25) is 19.3 Å². The minimum atomic E-state index is -0.885.